The van der Waals surface area contributed by atoms with Crippen molar-refractivity contribution in [1.29, 1.82) is 0 Å². The summed E-state index contributed by atoms with van der Waals surface area (Å²) in [6.07, 6.45) is 4.74. The molecule has 1 atom stereocenters. The number of carbonyl (C=O) groups excluding carboxylic acids is 1. The van der Waals surface area contributed by atoms with Crippen molar-refractivity contribution < 1.29 is 9.53 Å². The van der Waals surface area contributed by atoms with Crippen molar-refractivity contribution in [2.24, 2.45) is 5.92 Å². The van der Waals surface area contributed by atoms with Crippen LogP contribution in [-0.2, 0) is 4.74 Å². The van der Waals surface area contributed by atoms with Gasteiger partial charge in [0.2, 0.25) is 0 Å². The second-order valence-corrected chi connectivity index (χ2v) is 4.60. The van der Waals surface area contributed by atoms with Gasteiger partial charge in [0.05, 0.1) is 5.56 Å². The Morgan fingerprint density at radius 1 is 1.56 bits per heavy atom. The fourth-order valence-corrected chi connectivity index (χ4v) is 2.05. The van der Waals surface area contributed by atoms with Gasteiger partial charge < -0.3 is 15.8 Å². The minimum absolute atomic E-state index is 0.0924. The molecular formula is C13H19N3O2. The highest BCUT2D eigenvalue weighted by molar-refractivity contribution is 5.93. The van der Waals surface area contributed by atoms with Crippen LogP contribution in [0.25, 0.3) is 0 Å². The minimum atomic E-state index is -0.0924. The van der Waals surface area contributed by atoms with Crippen LogP contribution in [0.2, 0.25) is 0 Å². The number of pyridine rings is 1. The van der Waals surface area contributed by atoms with Crippen molar-refractivity contribution >= 4 is 11.7 Å². The van der Waals surface area contributed by atoms with E-state index in [0.717, 1.165) is 32.5 Å². The van der Waals surface area contributed by atoms with Gasteiger partial charge in [0.25, 0.3) is 5.91 Å². The number of carbonyl (C=O) groups is 1. The van der Waals surface area contributed by atoms with Gasteiger partial charge >= 0.3 is 0 Å². The molecule has 0 unspecified atom stereocenters. The number of hydrogen-bond donors (Lipinski definition) is 2. The zero-order chi connectivity index (χ0) is 12.8. The van der Waals surface area contributed by atoms with Gasteiger partial charge in [0.1, 0.15) is 5.82 Å². The van der Waals surface area contributed by atoms with E-state index in [0.29, 0.717) is 23.8 Å². The molecule has 0 spiro atoms. The van der Waals surface area contributed by atoms with Gasteiger partial charge in [-0.1, -0.05) is 0 Å². The Morgan fingerprint density at radius 3 is 3.11 bits per heavy atom. The highest BCUT2D eigenvalue weighted by Gasteiger charge is 2.14. The molecule has 0 bridgehead atoms. The summed E-state index contributed by atoms with van der Waals surface area (Å²) in [5, 5.41) is 2.88. The Balaban J connectivity index is 1.66. The highest BCUT2D eigenvalue weighted by Crippen LogP contribution is 2.17. The molecular weight excluding hydrogens is 230 g/mol. The van der Waals surface area contributed by atoms with Gasteiger partial charge in [-0.25, -0.2) is 4.98 Å². The summed E-state index contributed by atoms with van der Waals surface area (Å²) in [5.74, 6) is 0.998. The first-order chi connectivity index (χ1) is 8.75. The van der Waals surface area contributed by atoms with Crippen LogP contribution >= 0.6 is 0 Å². The number of nitrogens with one attached hydrogen (secondary N) is 1. The van der Waals surface area contributed by atoms with E-state index < -0.39 is 0 Å². The molecule has 5 heteroatoms. The predicted octanol–water partition coefficient (Wildman–Crippen LogP) is 1.21. The lowest BCUT2D eigenvalue weighted by Gasteiger charge is -2.08. The molecule has 0 radical (unpaired) electrons. The molecule has 1 aromatic heterocycles. The van der Waals surface area contributed by atoms with Crippen LogP contribution in [0, 0.1) is 5.92 Å². The van der Waals surface area contributed by atoms with Crippen molar-refractivity contribution in [3.8, 4) is 0 Å². The van der Waals surface area contributed by atoms with Crippen LogP contribution in [0.15, 0.2) is 18.3 Å². The highest BCUT2D eigenvalue weighted by atomic mass is 16.5. The SMILES string of the molecule is Nc1ccc(C(=O)NCCC[C@@H]2CCOC2)cn1. The quantitative estimate of drug-likeness (QED) is 0.769. The summed E-state index contributed by atoms with van der Waals surface area (Å²) in [7, 11) is 0. The molecule has 18 heavy (non-hydrogen) atoms. The summed E-state index contributed by atoms with van der Waals surface area (Å²) in [6, 6.07) is 3.31. The Labute approximate surface area is 107 Å². The molecule has 1 aromatic rings. The van der Waals surface area contributed by atoms with E-state index in [4.69, 9.17) is 10.5 Å². The molecule has 0 aromatic carbocycles. The lowest BCUT2D eigenvalue weighted by Crippen LogP contribution is -2.25. The summed E-state index contributed by atoms with van der Waals surface area (Å²) < 4.78 is 5.31. The van der Waals surface area contributed by atoms with Crippen LogP contribution in [0.1, 0.15) is 29.6 Å². The molecule has 2 heterocycles. The minimum Gasteiger partial charge on any atom is -0.384 e. The number of rotatable bonds is 5. The average molecular weight is 249 g/mol. The van der Waals surface area contributed by atoms with Crippen LogP contribution in [0.4, 0.5) is 5.82 Å². The summed E-state index contributed by atoms with van der Waals surface area (Å²) >= 11 is 0. The Morgan fingerprint density at radius 2 is 2.44 bits per heavy atom. The molecule has 98 valence electrons. The second-order valence-electron chi connectivity index (χ2n) is 4.60. The van der Waals surface area contributed by atoms with Crippen LogP contribution in [-0.4, -0.2) is 30.6 Å². The number of hydrogen-bond acceptors (Lipinski definition) is 4. The zero-order valence-corrected chi connectivity index (χ0v) is 10.4. The number of amides is 1. The lowest BCUT2D eigenvalue weighted by atomic mass is 10.0. The monoisotopic (exact) mass is 249 g/mol. The summed E-state index contributed by atoms with van der Waals surface area (Å²) in [5.41, 5.74) is 6.01. The molecule has 1 aliphatic rings. The first kappa shape index (κ1) is 12.8. The predicted molar refractivity (Wildman–Crippen MR) is 69.1 cm³/mol. The molecule has 5 nitrogen and oxygen atoms in total. The van der Waals surface area contributed by atoms with Crippen molar-refractivity contribution in [2.45, 2.75) is 19.3 Å². The van der Waals surface area contributed by atoms with Gasteiger partial charge in [-0.3, -0.25) is 4.79 Å². The Bertz CT molecular complexity index is 386. The smallest absolute Gasteiger partial charge is 0.252 e. The number of nitrogens with two attached hydrogens (primary N) is 1. The maximum Gasteiger partial charge on any atom is 0.252 e. The van der Waals surface area contributed by atoms with Crippen LogP contribution < -0.4 is 11.1 Å². The molecule has 2 rings (SSSR count). The third-order valence-electron chi connectivity index (χ3n) is 3.15. The second kappa shape index (κ2) is 6.35. The molecule has 0 aliphatic carbocycles. The fourth-order valence-electron chi connectivity index (χ4n) is 2.05. The van der Waals surface area contributed by atoms with Crippen molar-refractivity contribution in [2.75, 3.05) is 25.5 Å². The fraction of sp³-hybridized carbons (Fsp3) is 0.538. The van der Waals surface area contributed by atoms with Gasteiger partial charge in [0, 0.05) is 26.0 Å². The summed E-state index contributed by atoms with van der Waals surface area (Å²) in [4.78, 5) is 15.6. The standard InChI is InChI=1S/C13H19N3O2/c14-12-4-3-11(8-16-12)13(17)15-6-1-2-10-5-7-18-9-10/h3-4,8,10H,1-2,5-7,9H2,(H2,14,16)(H,15,17)/t10-/m1/s1. The van der Waals surface area contributed by atoms with Gasteiger partial charge in [-0.15, -0.1) is 0 Å². The molecule has 3 N–H and O–H groups in total. The lowest BCUT2D eigenvalue weighted by molar-refractivity contribution is 0.0952. The normalized spacial score (nSPS) is 18.8. The molecule has 0 saturated carbocycles. The third-order valence-corrected chi connectivity index (χ3v) is 3.15. The van der Waals surface area contributed by atoms with E-state index in [1.165, 1.54) is 6.20 Å². The Hall–Kier alpha value is -1.62. The van der Waals surface area contributed by atoms with Crippen LogP contribution in [0.3, 0.4) is 0 Å². The number of anilines is 1. The number of nitrogens with zero attached hydrogens (tertiary/aromatic N) is 1. The number of aromatic nitrogens is 1. The van der Waals surface area contributed by atoms with E-state index in [2.05, 4.69) is 10.3 Å². The topological polar surface area (TPSA) is 77.2 Å². The first-order valence-electron chi connectivity index (χ1n) is 6.33. The van der Waals surface area contributed by atoms with E-state index in [-0.39, 0.29) is 5.91 Å². The van der Waals surface area contributed by atoms with Crippen molar-refractivity contribution in [3.05, 3.63) is 23.9 Å². The van der Waals surface area contributed by atoms with Gasteiger partial charge in [-0.05, 0) is 37.3 Å². The molecule has 1 fully saturated rings. The van der Waals surface area contributed by atoms with Crippen molar-refractivity contribution in [3.63, 3.8) is 0 Å². The van der Waals surface area contributed by atoms with Crippen molar-refractivity contribution in [1.82, 2.24) is 10.3 Å². The van der Waals surface area contributed by atoms with Gasteiger partial charge in [-0.2, -0.15) is 0 Å². The van der Waals surface area contributed by atoms with E-state index in [9.17, 15) is 4.79 Å². The van der Waals surface area contributed by atoms with E-state index in [1.54, 1.807) is 12.1 Å². The molecule has 1 aliphatic heterocycles. The van der Waals surface area contributed by atoms with E-state index in [1.807, 2.05) is 0 Å². The Kier molecular flexibility index (Phi) is 4.52. The van der Waals surface area contributed by atoms with Gasteiger partial charge in [0.15, 0.2) is 0 Å². The maximum absolute atomic E-state index is 11.7. The number of nitrogen functional groups attached to an aromatic ring is 1. The summed E-state index contributed by atoms with van der Waals surface area (Å²) in [6.45, 7) is 2.45. The molecule has 1 saturated heterocycles. The van der Waals surface area contributed by atoms with Crippen LogP contribution in [0.5, 0.6) is 0 Å². The largest absolute Gasteiger partial charge is 0.384 e. The zero-order valence-electron chi connectivity index (χ0n) is 10.4. The number of ether oxygens (including phenoxy) is 1. The average Bonchev–Trinajstić information content (AvgIpc) is 2.88. The first-order valence-corrected chi connectivity index (χ1v) is 6.33. The molecule has 1 amide bonds. The van der Waals surface area contributed by atoms with E-state index >= 15 is 0 Å². The third kappa shape index (κ3) is 3.70. The maximum atomic E-state index is 11.7.